The van der Waals surface area contributed by atoms with E-state index in [1.54, 1.807) is 18.3 Å². The number of amides is 1. The molecular formula is C7H5N3O2. The van der Waals surface area contributed by atoms with E-state index in [2.05, 4.69) is 10.1 Å². The van der Waals surface area contributed by atoms with Gasteiger partial charge < -0.3 is 10.3 Å². The molecule has 5 nitrogen and oxygen atoms in total. The van der Waals surface area contributed by atoms with Crippen molar-refractivity contribution in [1.82, 2.24) is 10.1 Å². The second-order valence-corrected chi connectivity index (χ2v) is 2.25. The fourth-order valence-electron chi connectivity index (χ4n) is 0.960. The highest BCUT2D eigenvalue weighted by atomic mass is 16.5. The Kier molecular flexibility index (Phi) is 1.30. The van der Waals surface area contributed by atoms with Crippen LogP contribution in [0.25, 0.3) is 11.1 Å². The first-order valence-electron chi connectivity index (χ1n) is 3.29. The van der Waals surface area contributed by atoms with Crippen molar-refractivity contribution < 1.29 is 9.32 Å². The Morgan fingerprint density at radius 3 is 3.17 bits per heavy atom. The molecule has 2 heterocycles. The standard InChI is InChI=1S/C7H5N3O2/c8-6(11)5-4-2-1-3-9-7(4)12-10-5/h1-3H,(H2,8,11). The van der Waals surface area contributed by atoms with Gasteiger partial charge in [0.1, 0.15) is 0 Å². The molecule has 60 valence electrons. The molecule has 0 unspecified atom stereocenters. The highest BCUT2D eigenvalue weighted by Crippen LogP contribution is 2.13. The fraction of sp³-hybridized carbons (Fsp3) is 0. The van der Waals surface area contributed by atoms with Gasteiger partial charge in [0.05, 0.1) is 5.39 Å². The average molecular weight is 163 g/mol. The molecule has 12 heavy (non-hydrogen) atoms. The van der Waals surface area contributed by atoms with Crippen molar-refractivity contribution in [2.45, 2.75) is 0 Å². The molecule has 0 aliphatic carbocycles. The lowest BCUT2D eigenvalue weighted by Crippen LogP contribution is -2.11. The number of rotatable bonds is 1. The maximum Gasteiger partial charge on any atom is 0.271 e. The molecule has 0 atom stereocenters. The van der Waals surface area contributed by atoms with Gasteiger partial charge in [0.15, 0.2) is 5.69 Å². The molecule has 2 aromatic heterocycles. The minimum absolute atomic E-state index is 0.123. The van der Waals surface area contributed by atoms with Crippen LogP contribution in [0.1, 0.15) is 10.5 Å². The van der Waals surface area contributed by atoms with E-state index in [0.717, 1.165) is 0 Å². The molecule has 0 fully saturated rings. The van der Waals surface area contributed by atoms with E-state index in [9.17, 15) is 4.79 Å². The van der Waals surface area contributed by atoms with Gasteiger partial charge in [0.25, 0.3) is 11.6 Å². The normalized spacial score (nSPS) is 10.3. The fourth-order valence-corrected chi connectivity index (χ4v) is 0.960. The molecule has 0 bridgehead atoms. The van der Waals surface area contributed by atoms with Crippen LogP contribution in [-0.4, -0.2) is 16.0 Å². The third-order valence-corrected chi connectivity index (χ3v) is 1.48. The summed E-state index contributed by atoms with van der Waals surface area (Å²) in [6.45, 7) is 0. The number of aromatic nitrogens is 2. The van der Waals surface area contributed by atoms with Gasteiger partial charge in [-0.05, 0) is 12.1 Å². The number of primary amides is 1. The molecule has 0 saturated heterocycles. The first kappa shape index (κ1) is 6.78. The van der Waals surface area contributed by atoms with Crippen molar-refractivity contribution >= 4 is 17.0 Å². The number of carbonyl (C=O) groups excluding carboxylic acids is 1. The van der Waals surface area contributed by atoms with Gasteiger partial charge in [-0.15, -0.1) is 0 Å². The van der Waals surface area contributed by atoms with Crippen molar-refractivity contribution in [3.05, 3.63) is 24.0 Å². The zero-order valence-electron chi connectivity index (χ0n) is 6.02. The average Bonchev–Trinajstić information content (AvgIpc) is 2.47. The van der Waals surface area contributed by atoms with Crippen molar-refractivity contribution in [3.8, 4) is 0 Å². The number of pyridine rings is 1. The highest BCUT2D eigenvalue weighted by Gasteiger charge is 2.12. The van der Waals surface area contributed by atoms with E-state index in [1.165, 1.54) is 0 Å². The molecule has 0 spiro atoms. The van der Waals surface area contributed by atoms with Gasteiger partial charge in [-0.1, -0.05) is 5.16 Å². The molecule has 2 N–H and O–H groups in total. The Morgan fingerprint density at radius 1 is 1.58 bits per heavy atom. The molecular weight excluding hydrogens is 158 g/mol. The zero-order chi connectivity index (χ0) is 8.55. The summed E-state index contributed by atoms with van der Waals surface area (Å²) < 4.78 is 4.75. The maximum absolute atomic E-state index is 10.7. The Labute approximate surface area is 67.2 Å². The second-order valence-electron chi connectivity index (χ2n) is 2.25. The van der Waals surface area contributed by atoms with Crippen molar-refractivity contribution in [2.24, 2.45) is 5.73 Å². The first-order valence-corrected chi connectivity index (χ1v) is 3.29. The monoisotopic (exact) mass is 163 g/mol. The van der Waals surface area contributed by atoms with Crippen LogP contribution in [0.3, 0.4) is 0 Å². The number of nitrogens with zero attached hydrogens (tertiary/aromatic N) is 2. The summed E-state index contributed by atoms with van der Waals surface area (Å²) in [5.74, 6) is -0.609. The topological polar surface area (TPSA) is 82.0 Å². The van der Waals surface area contributed by atoms with Crippen LogP contribution in [0.5, 0.6) is 0 Å². The van der Waals surface area contributed by atoms with E-state index in [0.29, 0.717) is 11.1 Å². The molecule has 1 amide bonds. The summed E-state index contributed by atoms with van der Waals surface area (Å²) >= 11 is 0. The molecule has 2 aromatic rings. The van der Waals surface area contributed by atoms with E-state index < -0.39 is 5.91 Å². The lowest BCUT2D eigenvalue weighted by atomic mass is 10.2. The third-order valence-electron chi connectivity index (χ3n) is 1.48. The number of hydrogen-bond donors (Lipinski definition) is 1. The molecule has 2 rings (SSSR count). The first-order chi connectivity index (χ1) is 5.79. The summed E-state index contributed by atoms with van der Waals surface area (Å²) in [5.41, 5.74) is 5.48. The van der Waals surface area contributed by atoms with Crippen LogP contribution in [0, 0.1) is 0 Å². The third kappa shape index (κ3) is 0.833. The van der Waals surface area contributed by atoms with Crippen molar-refractivity contribution in [3.63, 3.8) is 0 Å². The van der Waals surface area contributed by atoms with Gasteiger partial charge in [-0.25, -0.2) is 4.98 Å². The largest absolute Gasteiger partial charge is 0.364 e. The Morgan fingerprint density at radius 2 is 2.42 bits per heavy atom. The van der Waals surface area contributed by atoms with Crippen molar-refractivity contribution in [1.29, 1.82) is 0 Å². The minimum Gasteiger partial charge on any atom is -0.364 e. The number of carbonyl (C=O) groups is 1. The van der Waals surface area contributed by atoms with Crippen LogP contribution in [0.15, 0.2) is 22.9 Å². The molecule has 0 aliphatic rings. The van der Waals surface area contributed by atoms with Crippen LogP contribution < -0.4 is 5.73 Å². The summed E-state index contributed by atoms with van der Waals surface area (Å²) in [7, 11) is 0. The van der Waals surface area contributed by atoms with Crippen LogP contribution >= 0.6 is 0 Å². The molecule has 0 saturated carbocycles. The van der Waals surface area contributed by atoms with Gasteiger partial charge in [-0.3, -0.25) is 4.79 Å². The van der Waals surface area contributed by atoms with E-state index in [-0.39, 0.29) is 5.69 Å². The molecule has 0 aliphatic heterocycles. The molecule has 0 radical (unpaired) electrons. The minimum atomic E-state index is -0.609. The van der Waals surface area contributed by atoms with Crippen LogP contribution in [-0.2, 0) is 0 Å². The summed E-state index contributed by atoms with van der Waals surface area (Å²) in [5, 5.41) is 4.03. The van der Waals surface area contributed by atoms with Crippen molar-refractivity contribution in [2.75, 3.05) is 0 Å². The predicted molar refractivity (Wildman–Crippen MR) is 40.3 cm³/mol. The number of hydrogen-bond acceptors (Lipinski definition) is 4. The summed E-state index contributed by atoms with van der Waals surface area (Å²) in [6.07, 6.45) is 1.55. The van der Waals surface area contributed by atoms with E-state index in [4.69, 9.17) is 10.3 Å². The van der Waals surface area contributed by atoms with E-state index in [1.807, 2.05) is 0 Å². The quantitative estimate of drug-likeness (QED) is 0.656. The number of fused-ring (bicyclic) bond motifs is 1. The van der Waals surface area contributed by atoms with Gasteiger partial charge in [-0.2, -0.15) is 0 Å². The Hall–Kier alpha value is -1.91. The van der Waals surface area contributed by atoms with Crippen LogP contribution in [0.4, 0.5) is 0 Å². The highest BCUT2D eigenvalue weighted by molar-refractivity contribution is 6.02. The van der Waals surface area contributed by atoms with E-state index >= 15 is 0 Å². The summed E-state index contributed by atoms with van der Waals surface area (Å²) in [6, 6.07) is 3.37. The van der Waals surface area contributed by atoms with Gasteiger partial charge in [0.2, 0.25) is 0 Å². The predicted octanol–water partition coefficient (Wildman–Crippen LogP) is 0.322. The lowest BCUT2D eigenvalue weighted by molar-refractivity contribution is 0.0993. The van der Waals surface area contributed by atoms with Gasteiger partial charge >= 0.3 is 0 Å². The van der Waals surface area contributed by atoms with Crippen LogP contribution in [0.2, 0.25) is 0 Å². The Bertz CT molecular complexity index is 435. The SMILES string of the molecule is NC(=O)c1noc2ncccc12. The summed E-state index contributed by atoms with van der Waals surface area (Å²) in [4.78, 5) is 14.6. The Balaban J connectivity index is 2.79. The molecule has 0 aromatic carbocycles. The second kappa shape index (κ2) is 2.30. The number of nitrogens with two attached hydrogens (primary N) is 1. The smallest absolute Gasteiger partial charge is 0.271 e. The lowest BCUT2D eigenvalue weighted by Gasteiger charge is -1.85. The maximum atomic E-state index is 10.7. The zero-order valence-corrected chi connectivity index (χ0v) is 6.02. The van der Waals surface area contributed by atoms with Gasteiger partial charge in [0, 0.05) is 6.20 Å². The molecule has 5 heteroatoms.